The van der Waals surface area contributed by atoms with Crippen molar-refractivity contribution in [3.05, 3.63) is 12.7 Å². The molecule has 3 heteroatoms. The summed E-state index contributed by atoms with van der Waals surface area (Å²) in [6.07, 6.45) is 8.22. The van der Waals surface area contributed by atoms with Gasteiger partial charge in [-0.2, -0.15) is 0 Å². The molecule has 2 atom stereocenters. The Kier molecular flexibility index (Phi) is 3.99. The summed E-state index contributed by atoms with van der Waals surface area (Å²) in [5, 5.41) is 3.10. The molecule has 90 valence electrons. The number of nitrogens with one attached hydrogen (secondary N) is 1. The van der Waals surface area contributed by atoms with Crippen LogP contribution in [-0.4, -0.2) is 36.5 Å². The van der Waals surface area contributed by atoms with E-state index in [1.54, 1.807) is 6.08 Å². The first-order chi connectivity index (χ1) is 7.83. The van der Waals surface area contributed by atoms with Crippen LogP contribution in [0.15, 0.2) is 12.7 Å². The predicted molar refractivity (Wildman–Crippen MR) is 65.1 cm³/mol. The minimum atomic E-state index is 0.274. The van der Waals surface area contributed by atoms with E-state index in [2.05, 4.69) is 16.8 Å². The highest BCUT2D eigenvalue weighted by molar-refractivity contribution is 5.79. The zero-order valence-electron chi connectivity index (χ0n) is 9.95. The number of hydrogen-bond acceptors (Lipinski definition) is 2. The van der Waals surface area contributed by atoms with Gasteiger partial charge in [-0.15, -0.1) is 6.58 Å². The van der Waals surface area contributed by atoms with Gasteiger partial charge >= 0.3 is 0 Å². The summed E-state index contributed by atoms with van der Waals surface area (Å²) >= 11 is 0. The molecule has 0 spiro atoms. The van der Waals surface area contributed by atoms with Gasteiger partial charge in [-0.05, 0) is 25.2 Å². The van der Waals surface area contributed by atoms with Crippen LogP contribution < -0.4 is 5.32 Å². The van der Waals surface area contributed by atoms with Gasteiger partial charge in [0, 0.05) is 19.1 Å². The molecule has 1 heterocycles. The lowest BCUT2D eigenvalue weighted by molar-refractivity contribution is -0.131. The summed E-state index contributed by atoms with van der Waals surface area (Å²) in [6.45, 7) is 5.79. The quantitative estimate of drug-likeness (QED) is 0.578. The minimum absolute atomic E-state index is 0.274. The number of carbonyl (C=O) groups excluding carboxylic acids is 1. The normalized spacial score (nSPS) is 28.9. The van der Waals surface area contributed by atoms with Gasteiger partial charge in [0.1, 0.15) is 0 Å². The fourth-order valence-corrected chi connectivity index (χ4v) is 3.10. The van der Waals surface area contributed by atoms with Gasteiger partial charge in [0.15, 0.2) is 0 Å². The van der Waals surface area contributed by atoms with Crippen LogP contribution in [0.1, 0.15) is 32.1 Å². The third-order valence-corrected chi connectivity index (χ3v) is 3.90. The summed E-state index contributed by atoms with van der Waals surface area (Å²) in [7, 11) is 0. The molecule has 1 aliphatic carbocycles. The predicted octanol–water partition coefficient (Wildman–Crippen LogP) is 1.55. The van der Waals surface area contributed by atoms with Crippen LogP contribution in [0.2, 0.25) is 0 Å². The highest BCUT2D eigenvalue weighted by Crippen LogP contribution is 2.35. The second-order valence-electron chi connectivity index (χ2n) is 4.91. The van der Waals surface area contributed by atoms with Crippen molar-refractivity contribution in [3.8, 4) is 0 Å². The largest absolute Gasteiger partial charge is 0.338 e. The van der Waals surface area contributed by atoms with E-state index in [9.17, 15) is 4.79 Å². The lowest BCUT2D eigenvalue weighted by Gasteiger charge is -2.31. The standard InChI is InChI=1S/C13H22N2O/c1-2-8-14-10-13(16)15-9-7-11-5-3-4-6-12(11)15/h2,11-12,14H,1,3-10H2. The molecule has 16 heavy (non-hydrogen) atoms. The van der Waals surface area contributed by atoms with Crippen molar-refractivity contribution in [3.63, 3.8) is 0 Å². The molecule has 2 fully saturated rings. The van der Waals surface area contributed by atoms with E-state index in [4.69, 9.17) is 0 Å². The number of fused-ring (bicyclic) bond motifs is 1. The first-order valence-electron chi connectivity index (χ1n) is 6.44. The molecule has 1 aliphatic heterocycles. The molecule has 2 rings (SSSR count). The molecule has 1 saturated heterocycles. The van der Waals surface area contributed by atoms with E-state index in [1.807, 2.05) is 0 Å². The van der Waals surface area contributed by atoms with Crippen LogP contribution >= 0.6 is 0 Å². The zero-order chi connectivity index (χ0) is 11.4. The third kappa shape index (κ3) is 2.46. The molecular weight excluding hydrogens is 200 g/mol. The average molecular weight is 222 g/mol. The first kappa shape index (κ1) is 11.6. The Morgan fingerprint density at radius 1 is 1.38 bits per heavy atom. The van der Waals surface area contributed by atoms with E-state index in [-0.39, 0.29) is 5.91 Å². The van der Waals surface area contributed by atoms with Crippen LogP contribution in [0.4, 0.5) is 0 Å². The number of likely N-dealkylation sites (tertiary alicyclic amines) is 1. The topological polar surface area (TPSA) is 32.3 Å². The Labute approximate surface area is 97.9 Å². The molecule has 0 radical (unpaired) electrons. The lowest BCUT2D eigenvalue weighted by Crippen LogP contribution is -2.43. The Morgan fingerprint density at radius 3 is 3.00 bits per heavy atom. The van der Waals surface area contributed by atoms with Crippen LogP contribution in [0.3, 0.4) is 0 Å². The number of rotatable bonds is 4. The van der Waals surface area contributed by atoms with Crippen LogP contribution in [0.5, 0.6) is 0 Å². The van der Waals surface area contributed by atoms with Crippen molar-refractivity contribution in [1.29, 1.82) is 0 Å². The van der Waals surface area contributed by atoms with Gasteiger partial charge in [0.2, 0.25) is 5.91 Å². The molecule has 2 unspecified atom stereocenters. The Morgan fingerprint density at radius 2 is 2.19 bits per heavy atom. The fraction of sp³-hybridized carbons (Fsp3) is 0.769. The van der Waals surface area contributed by atoms with Crippen molar-refractivity contribution in [1.82, 2.24) is 10.2 Å². The molecule has 0 aromatic rings. The molecule has 1 amide bonds. The molecular formula is C13H22N2O. The molecule has 0 bridgehead atoms. The van der Waals surface area contributed by atoms with Gasteiger partial charge in [0.05, 0.1) is 6.54 Å². The number of amides is 1. The van der Waals surface area contributed by atoms with E-state index in [0.717, 1.165) is 12.5 Å². The maximum atomic E-state index is 12.0. The van der Waals surface area contributed by atoms with Gasteiger partial charge in [0.25, 0.3) is 0 Å². The zero-order valence-corrected chi connectivity index (χ0v) is 9.95. The second-order valence-corrected chi connectivity index (χ2v) is 4.91. The van der Waals surface area contributed by atoms with E-state index >= 15 is 0 Å². The maximum absolute atomic E-state index is 12.0. The van der Waals surface area contributed by atoms with Crippen molar-refractivity contribution in [2.24, 2.45) is 5.92 Å². The van der Waals surface area contributed by atoms with Gasteiger partial charge in [-0.25, -0.2) is 0 Å². The molecule has 0 aromatic carbocycles. The molecule has 0 aromatic heterocycles. The van der Waals surface area contributed by atoms with Gasteiger partial charge < -0.3 is 10.2 Å². The van der Waals surface area contributed by atoms with Gasteiger partial charge in [-0.3, -0.25) is 4.79 Å². The number of hydrogen-bond donors (Lipinski definition) is 1. The monoisotopic (exact) mass is 222 g/mol. The van der Waals surface area contributed by atoms with Crippen molar-refractivity contribution < 1.29 is 4.79 Å². The van der Waals surface area contributed by atoms with E-state index in [1.165, 1.54) is 32.1 Å². The average Bonchev–Trinajstić information content (AvgIpc) is 2.73. The summed E-state index contributed by atoms with van der Waals surface area (Å²) in [4.78, 5) is 14.1. The third-order valence-electron chi connectivity index (χ3n) is 3.90. The highest BCUT2D eigenvalue weighted by atomic mass is 16.2. The van der Waals surface area contributed by atoms with Crippen LogP contribution in [0.25, 0.3) is 0 Å². The van der Waals surface area contributed by atoms with E-state index < -0.39 is 0 Å². The number of carbonyl (C=O) groups is 1. The first-order valence-corrected chi connectivity index (χ1v) is 6.44. The van der Waals surface area contributed by atoms with Crippen molar-refractivity contribution >= 4 is 5.91 Å². The number of nitrogens with zero attached hydrogens (tertiary/aromatic N) is 1. The van der Waals surface area contributed by atoms with E-state index in [0.29, 0.717) is 19.1 Å². The summed E-state index contributed by atoms with van der Waals surface area (Å²) < 4.78 is 0. The molecule has 2 aliphatic rings. The molecule has 1 N–H and O–H groups in total. The highest BCUT2D eigenvalue weighted by Gasteiger charge is 2.37. The Hall–Kier alpha value is -0.830. The summed E-state index contributed by atoms with van der Waals surface area (Å²) in [5.74, 6) is 1.06. The van der Waals surface area contributed by atoms with Crippen molar-refractivity contribution in [2.75, 3.05) is 19.6 Å². The van der Waals surface area contributed by atoms with Gasteiger partial charge in [-0.1, -0.05) is 18.9 Å². The van der Waals surface area contributed by atoms with Crippen LogP contribution in [-0.2, 0) is 4.79 Å². The van der Waals surface area contributed by atoms with Crippen molar-refractivity contribution in [2.45, 2.75) is 38.1 Å². The molecule has 3 nitrogen and oxygen atoms in total. The minimum Gasteiger partial charge on any atom is -0.338 e. The second kappa shape index (κ2) is 5.48. The SMILES string of the molecule is C=CCNCC(=O)N1CCC2CCCCC21. The summed E-state index contributed by atoms with van der Waals surface area (Å²) in [6, 6.07) is 0.548. The summed E-state index contributed by atoms with van der Waals surface area (Å²) in [5.41, 5.74) is 0. The fourth-order valence-electron chi connectivity index (χ4n) is 3.10. The maximum Gasteiger partial charge on any atom is 0.236 e. The van der Waals surface area contributed by atoms with Crippen LogP contribution in [0, 0.1) is 5.92 Å². The smallest absolute Gasteiger partial charge is 0.236 e. The Balaban J connectivity index is 1.84. The lowest BCUT2D eigenvalue weighted by atomic mass is 9.85. The Bertz CT molecular complexity index is 265. The molecule has 1 saturated carbocycles.